The van der Waals surface area contributed by atoms with Crippen molar-refractivity contribution in [3.63, 3.8) is 0 Å². The zero-order chi connectivity index (χ0) is 16.1. The molecule has 1 aromatic carbocycles. The number of hydrogen-bond acceptors (Lipinski definition) is 7. The first kappa shape index (κ1) is 15.4. The van der Waals surface area contributed by atoms with Gasteiger partial charge in [-0.1, -0.05) is 0 Å². The van der Waals surface area contributed by atoms with Crippen molar-refractivity contribution >= 4 is 23.0 Å². The summed E-state index contributed by atoms with van der Waals surface area (Å²) in [6.45, 7) is 5.54. The fraction of sp³-hybridized carbons (Fsp3) is 0.375. The Kier molecular flexibility index (Phi) is 4.77. The lowest BCUT2D eigenvalue weighted by Gasteiger charge is -2.28. The van der Waals surface area contributed by atoms with Gasteiger partial charge >= 0.3 is 0 Å². The molecule has 7 heteroatoms. The number of nitrogens with zero attached hydrogens (tertiary/aromatic N) is 3. The van der Waals surface area contributed by atoms with Crippen LogP contribution in [0.5, 0.6) is 5.75 Å². The zero-order valence-corrected chi connectivity index (χ0v) is 13.2. The highest BCUT2D eigenvalue weighted by molar-refractivity contribution is 5.78. The van der Waals surface area contributed by atoms with Crippen molar-refractivity contribution in [3.8, 4) is 5.75 Å². The Hall–Kier alpha value is -2.54. The lowest BCUT2D eigenvalue weighted by Crippen LogP contribution is -2.37. The summed E-state index contributed by atoms with van der Waals surface area (Å²) < 4.78 is 10.8. The van der Waals surface area contributed by atoms with Gasteiger partial charge in [0, 0.05) is 18.8 Å². The number of nitrogens with two attached hydrogens (primary N) is 1. The van der Waals surface area contributed by atoms with E-state index < -0.39 is 0 Å². The van der Waals surface area contributed by atoms with Crippen molar-refractivity contribution in [2.45, 2.75) is 6.92 Å². The van der Waals surface area contributed by atoms with E-state index in [4.69, 9.17) is 15.2 Å². The number of morpholine rings is 1. The van der Waals surface area contributed by atoms with Crippen LogP contribution in [0.3, 0.4) is 0 Å². The molecule has 3 rings (SSSR count). The summed E-state index contributed by atoms with van der Waals surface area (Å²) in [6.07, 6.45) is 1.53. The average molecular weight is 315 g/mol. The van der Waals surface area contributed by atoms with E-state index in [0.717, 1.165) is 30.3 Å². The zero-order valence-electron chi connectivity index (χ0n) is 13.2. The van der Waals surface area contributed by atoms with E-state index in [1.807, 2.05) is 31.2 Å². The van der Waals surface area contributed by atoms with E-state index in [2.05, 4.69) is 20.2 Å². The molecule has 0 atom stereocenters. The SMILES string of the molecule is CCOc1ccc(Nc2ncnc(N3CCOCC3)c2N)cc1. The smallest absolute Gasteiger partial charge is 0.159 e. The molecule has 1 aliphatic heterocycles. The minimum atomic E-state index is 0.545. The van der Waals surface area contributed by atoms with E-state index in [0.29, 0.717) is 31.3 Å². The molecule has 1 aliphatic rings. The normalized spacial score (nSPS) is 14.6. The largest absolute Gasteiger partial charge is 0.494 e. The predicted octanol–water partition coefficient (Wildman–Crippen LogP) is 2.04. The topological polar surface area (TPSA) is 85.5 Å². The van der Waals surface area contributed by atoms with Crippen LogP contribution in [0.25, 0.3) is 0 Å². The standard InChI is InChI=1S/C16H21N5O2/c1-2-23-13-5-3-12(4-6-13)20-15-14(17)16(19-11-18-15)21-7-9-22-10-8-21/h3-6,11H,2,7-10,17H2,1H3,(H,18,19,20). The Morgan fingerprint density at radius 1 is 1.22 bits per heavy atom. The minimum Gasteiger partial charge on any atom is -0.494 e. The number of hydrogen-bond donors (Lipinski definition) is 2. The first-order chi connectivity index (χ1) is 11.3. The molecule has 0 amide bonds. The van der Waals surface area contributed by atoms with Gasteiger partial charge < -0.3 is 25.4 Å². The highest BCUT2D eigenvalue weighted by atomic mass is 16.5. The molecule has 122 valence electrons. The molecule has 3 N–H and O–H groups in total. The van der Waals surface area contributed by atoms with Gasteiger partial charge in [0.05, 0.1) is 19.8 Å². The van der Waals surface area contributed by atoms with Crippen molar-refractivity contribution < 1.29 is 9.47 Å². The maximum absolute atomic E-state index is 6.24. The Balaban J connectivity index is 1.77. The molecule has 1 fully saturated rings. The quantitative estimate of drug-likeness (QED) is 0.873. The van der Waals surface area contributed by atoms with Crippen LogP contribution in [-0.4, -0.2) is 42.9 Å². The average Bonchev–Trinajstić information content (AvgIpc) is 2.59. The third-order valence-corrected chi connectivity index (χ3v) is 3.60. The van der Waals surface area contributed by atoms with Gasteiger partial charge in [-0.2, -0.15) is 0 Å². The molecular weight excluding hydrogens is 294 g/mol. The molecule has 7 nitrogen and oxygen atoms in total. The van der Waals surface area contributed by atoms with Gasteiger partial charge in [0.1, 0.15) is 17.8 Å². The minimum absolute atomic E-state index is 0.545. The number of nitrogens with one attached hydrogen (secondary N) is 1. The molecule has 2 heterocycles. The van der Waals surface area contributed by atoms with Crippen molar-refractivity contribution in [1.82, 2.24) is 9.97 Å². The maximum Gasteiger partial charge on any atom is 0.159 e. The number of ether oxygens (including phenoxy) is 2. The monoisotopic (exact) mass is 315 g/mol. The molecule has 0 spiro atoms. The summed E-state index contributed by atoms with van der Waals surface area (Å²) in [6, 6.07) is 7.68. The molecule has 1 aromatic heterocycles. The highest BCUT2D eigenvalue weighted by Crippen LogP contribution is 2.29. The molecule has 23 heavy (non-hydrogen) atoms. The van der Waals surface area contributed by atoms with Crippen LogP contribution in [-0.2, 0) is 4.74 Å². The Bertz CT molecular complexity index is 641. The molecule has 1 saturated heterocycles. The first-order valence-electron chi connectivity index (χ1n) is 7.71. The molecule has 0 saturated carbocycles. The van der Waals surface area contributed by atoms with Gasteiger partial charge in [-0.05, 0) is 31.2 Å². The first-order valence-corrected chi connectivity index (χ1v) is 7.71. The Morgan fingerprint density at radius 2 is 1.96 bits per heavy atom. The highest BCUT2D eigenvalue weighted by Gasteiger charge is 2.17. The van der Waals surface area contributed by atoms with Gasteiger partial charge in [-0.15, -0.1) is 0 Å². The Morgan fingerprint density at radius 3 is 2.65 bits per heavy atom. The van der Waals surface area contributed by atoms with E-state index in [1.165, 1.54) is 6.33 Å². The fourth-order valence-corrected chi connectivity index (χ4v) is 2.45. The second-order valence-electron chi connectivity index (χ2n) is 5.14. The van der Waals surface area contributed by atoms with Crippen LogP contribution in [0.1, 0.15) is 6.92 Å². The Labute approximate surface area is 135 Å². The predicted molar refractivity (Wildman–Crippen MR) is 90.4 cm³/mol. The maximum atomic E-state index is 6.24. The molecule has 0 unspecified atom stereocenters. The van der Waals surface area contributed by atoms with E-state index in [1.54, 1.807) is 0 Å². The third-order valence-electron chi connectivity index (χ3n) is 3.60. The van der Waals surface area contributed by atoms with Crippen molar-refractivity contribution in [2.75, 3.05) is 48.9 Å². The van der Waals surface area contributed by atoms with Gasteiger partial charge in [-0.25, -0.2) is 9.97 Å². The number of rotatable bonds is 5. The molecule has 0 aliphatic carbocycles. The van der Waals surface area contributed by atoms with Crippen LogP contribution in [0.2, 0.25) is 0 Å². The third kappa shape index (κ3) is 3.62. The number of benzene rings is 1. The van der Waals surface area contributed by atoms with Gasteiger partial charge in [0.15, 0.2) is 11.6 Å². The van der Waals surface area contributed by atoms with Crippen molar-refractivity contribution in [3.05, 3.63) is 30.6 Å². The number of nitrogen functional groups attached to an aromatic ring is 1. The van der Waals surface area contributed by atoms with Crippen LogP contribution < -0.4 is 20.7 Å². The van der Waals surface area contributed by atoms with Crippen LogP contribution in [0.15, 0.2) is 30.6 Å². The summed E-state index contributed by atoms with van der Waals surface area (Å²) in [5.41, 5.74) is 7.68. The molecular formula is C16H21N5O2. The number of aromatic nitrogens is 2. The van der Waals surface area contributed by atoms with Gasteiger partial charge in [0.2, 0.25) is 0 Å². The molecule has 2 aromatic rings. The van der Waals surface area contributed by atoms with E-state index in [9.17, 15) is 0 Å². The van der Waals surface area contributed by atoms with Gasteiger partial charge in [-0.3, -0.25) is 0 Å². The summed E-state index contributed by atoms with van der Waals surface area (Å²) in [4.78, 5) is 10.7. The van der Waals surface area contributed by atoms with Gasteiger partial charge in [0.25, 0.3) is 0 Å². The van der Waals surface area contributed by atoms with Crippen LogP contribution >= 0.6 is 0 Å². The van der Waals surface area contributed by atoms with Crippen molar-refractivity contribution in [2.24, 2.45) is 0 Å². The summed E-state index contributed by atoms with van der Waals surface area (Å²) in [7, 11) is 0. The van der Waals surface area contributed by atoms with E-state index in [-0.39, 0.29) is 0 Å². The van der Waals surface area contributed by atoms with Crippen molar-refractivity contribution in [1.29, 1.82) is 0 Å². The summed E-state index contributed by atoms with van der Waals surface area (Å²) >= 11 is 0. The molecule has 0 radical (unpaired) electrons. The second kappa shape index (κ2) is 7.15. The fourth-order valence-electron chi connectivity index (χ4n) is 2.45. The lowest BCUT2D eigenvalue weighted by molar-refractivity contribution is 0.122. The molecule has 0 bridgehead atoms. The number of anilines is 4. The van der Waals surface area contributed by atoms with Crippen LogP contribution in [0.4, 0.5) is 23.0 Å². The second-order valence-corrected chi connectivity index (χ2v) is 5.14. The van der Waals surface area contributed by atoms with E-state index >= 15 is 0 Å². The summed E-state index contributed by atoms with van der Waals surface area (Å²) in [5, 5.41) is 3.23. The van der Waals surface area contributed by atoms with Crippen LogP contribution in [0, 0.1) is 0 Å². The summed E-state index contributed by atoms with van der Waals surface area (Å²) in [5.74, 6) is 2.19. The lowest BCUT2D eigenvalue weighted by atomic mass is 10.3.